The lowest BCUT2D eigenvalue weighted by molar-refractivity contribution is 0.0952. The Hall–Kier alpha value is -2.44. The molecule has 0 aromatic heterocycles. The van der Waals surface area contributed by atoms with Gasteiger partial charge in [0, 0.05) is 18.7 Å². The van der Waals surface area contributed by atoms with E-state index >= 15 is 0 Å². The molecule has 1 fully saturated rings. The third-order valence-electron chi connectivity index (χ3n) is 4.23. The van der Waals surface area contributed by atoms with E-state index < -0.39 is 0 Å². The highest BCUT2D eigenvalue weighted by molar-refractivity contribution is 5.94. The highest BCUT2D eigenvalue weighted by Gasteiger charge is 2.19. The van der Waals surface area contributed by atoms with Crippen LogP contribution in [0.1, 0.15) is 48.9 Å². The topological polar surface area (TPSA) is 109 Å². The van der Waals surface area contributed by atoms with Gasteiger partial charge in [0.25, 0.3) is 5.91 Å². The number of amides is 1. The van der Waals surface area contributed by atoms with Crippen molar-refractivity contribution in [2.75, 3.05) is 20.2 Å². The zero-order chi connectivity index (χ0) is 18.1. The van der Waals surface area contributed by atoms with Crippen molar-refractivity contribution in [2.24, 2.45) is 5.73 Å². The lowest BCUT2D eigenvalue weighted by Gasteiger charge is -2.16. The summed E-state index contributed by atoms with van der Waals surface area (Å²) in [5.74, 6) is 1.13. The Morgan fingerprint density at radius 3 is 2.52 bits per heavy atom. The number of rotatable bonds is 9. The molecule has 2 rings (SSSR count). The van der Waals surface area contributed by atoms with Crippen molar-refractivity contribution in [3.63, 3.8) is 0 Å². The van der Waals surface area contributed by atoms with Crippen LogP contribution < -0.4 is 25.8 Å². The van der Waals surface area contributed by atoms with Crippen LogP contribution in [-0.4, -0.2) is 38.2 Å². The van der Waals surface area contributed by atoms with Crippen molar-refractivity contribution in [1.29, 1.82) is 5.41 Å². The SMILES string of the molecule is COc1ccc(C(=O)NCCCCNC(=N)N)cc1OC1CCCC1. The summed E-state index contributed by atoms with van der Waals surface area (Å²) in [4.78, 5) is 12.3. The van der Waals surface area contributed by atoms with Gasteiger partial charge in [0.2, 0.25) is 0 Å². The fourth-order valence-electron chi connectivity index (χ4n) is 2.87. The minimum Gasteiger partial charge on any atom is -0.493 e. The maximum Gasteiger partial charge on any atom is 0.251 e. The van der Waals surface area contributed by atoms with Crippen LogP contribution in [0.25, 0.3) is 0 Å². The minimum absolute atomic E-state index is 0.0305. The first kappa shape index (κ1) is 18.9. The lowest BCUT2D eigenvalue weighted by Crippen LogP contribution is -2.31. The molecule has 1 aromatic rings. The number of nitrogens with one attached hydrogen (secondary N) is 3. The standard InChI is InChI=1S/C18H28N4O3/c1-24-15-9-8-13(12-16(15)25-14-6-2-3-7-14)17(23)21-10-4-5-11-22-18(19)20/h8-9,12,14H,2-7,10-11H2,1H3,(H,21,23)(H4,19,20,22). The number of carbonyl (C=O) groups excluding carboxylic acids is 1. The Morgan fingerprint density at radius 2 is 1.88 bits per heavy atom. The molecule has 25 heavy (non-hydrogen) atoms. The maximum absolute atomic E-state index is 12.3. The van der Waals surface area contributed by atoms with Crippen LogP contribution >= 0.6 is 0 Å². The number of benzene rings is 1. The van der Waals surface area contributed by atoms with Crippen LogP contribution in [0.2, 0.25) is 0 Å². The molecular weight excluding hydrogens is 320 g/mol. The van der Waals surface area contributed by atoms with Gasteiger partial charge in [-0.15, -0.1) is 0 Å². The molecule has 1 aliphatic carbocycles. The van der Waals surface area contributed by atoms with Crippen molar-refractivity contribution in [3.8, 4) is 11.5 Å². The van der Waals surface area contributed by atoms with Crippen molar-refractivity contribution in [1.82, 2.24) is 10.6 Å². The number of guanidine groups is 1. The van der Waals surface area contributed by atoms with E-state index in [9.17, 15) is 4.79 Å². The first-order valence-electron chi connectivity index (χ1n) is 8.81. The van der Waals surface area contributed by atoms with Crippen LogP contribution in [0.3, 0.4) is 0 Å². The average molecular weight is 348 g/mol. The number of methoxy groups -OCH3 is 1. The Labute approximate surface area is 148 Å². The van der Waals surface area contributed by atoms with Crippen LogP contribution in [-0.2, 0) is 0 Å². The number of hydrogen-bond acceptors (Lipinski definition) is 4. The normalized spacial score (nSPS) is 14.1. The molecule has 138 valence electrons. The summed E-state index contributed by atoms with van der Waals surface area (Å²) in [6.45, 7) is 1.20. The highest BCUT2D eigenvalue weighted by atomic mass is 16.5. The quantitative estimate of drug-likeness (QED) is 0.310. The molecule has 0 heterocycles. The van der Waals surface area contributed by atoms with Gasteiger partial charge in [-0.1, -0.05) is 0 Å². The van der Waals surface area contributed by atoms with Crippen LogP contribution in [0.15, 0.2) is 18.2 Å². The molecule has 0 spiro atoms. The van der Waals surface area contributed by atoms with Crippen LogP contribution in [0, 0.1) is 5.41 Å². The Kier molecular flexibility index (Phi) is 7.37. The summed E-state index contributed by atoms with van der Waals surface area (Å²) in [7, 11) is 1.60. The van der Waals surface area contributed by atoms with Gasteiger partial charge in [0.15, 0.2) is 17.5 Å². The molecular formula is C18H28N4O3. The summed E-state index contributed by atoms with van der Waals surface area (Å²) in [6.07, 6.45) is 6.33. The fraction of sp³-hybridized carbons (Fsp3) is 0.556. The molecule has 0 unspecified atom stereocenters. The molecule has 7 heteroatoms. The summed E-state index contributed by atoms with van der Waals surface area (Å²) in [5, 5.41) is 12.7. The highest BCUT2D eigenvalue weighted by Crippen LogP contribution is 2.32. The Bertz CT molecular complexity index is 586. The largest absolute Gasteiger partial charge is 0.493 e. The summed E-state index contributed by atoms with van der Waals surface area (Å²) < 4.78 is 11.4. The molecule has 1 amide bonds. The van der Waals surface area contributed by atoms with E-state index in [1.165, 1.54) is 12.8 Å². The smallest absolute Gasteiger partial charge is 0.251 e. The third-order valence-corrected chi connectivity index (χ3v) is 4.23. The monoisotopic (exact) mass is 348 g/mol. The van der Waals surface area contributed by atoms with E-state index in [0.29, 0.717) is 30.2 Å². The first-order chi connectivity index (χ1) is 12.1. The number of nitrogens with two attached hydrogens (primary N) is 1. The minimum atomic E-state index is -0.126. The molecule has 0 radical (unpaired) electrons. The van der Waals surface area contributed by atoms with E-state index in [1.54, 1.807) is 25.3 Å². The molecule has 0 aliphatic heterocycles. The zero-order valence-electron chi connectivity index (χ0n) is 14.8. The van der Waals surface area contributed by atoms with E-state index in [2.05, 4.69) is 10.6 Å². The summed E-state index contributed by atoms with van der Waals surface area (Å²) >= 11 is 0. The fourth-order valence-corrected chi connectivity index (χ4v) is 2.87. The van der Waals surface area contributed by atoms with Gasteiger partial charge in [0.1, 0.15) is 0 Å². The first-order valence-corrected chi connectivity index (χ1v) is 8.81. The lowest BCUT2D eigenvalue weighted by atomic mass is 10.1. The van der Waals surface area contributed by atoms with E-state index in [-0.39, 0.29) is 18.0 Å². The average Bonchev–Trinajstić information content (AvgIpc) is 3.10. The van der Waals surface area contributed by atoms with Crippen molar-refractivity contribution in [2.45, 2.75) is 44.6 Å². The van der Waals surface area contributed by atoms with Gasteiger partial charge in [-0.2, -0.15) is 0 Å². The zero-order valence-corrected chi connectivity index (χ0v) is 14.8. The van der Waals surface area contributed by atoms with Crippen molar-refractivity contribution < 1.29 is 14.3 Å². The van der Waals surface area contributed by atoms with Crippen molar-refractivity contribution in [3.05, 3.63) is 23.8 Å². The van der Waals surface area contributed by atoms with Crippen LogP contribution in [0.5, 0.6) is 11.5 Å². The number of carbonyl (C=O) groups is 1. The predicted molar refractivity (Wildman–Crippen MR) is 97.4 cm³/mol. The number of ether oxygens (including phenoxy) is 2. The molecule has 0 saturated heterocycles. The van der Waals surface area contributed by atoms with Gasteiger partial charge in [-0.05, 0) is 56.7 Å². The third kappa shape index (κ3) is 6.17. The van der Waals surface area contributed by atoms with Gasteiger partial charge in [-0.3, -0.25) is 10.2 Å². The molecule has 5 N–H and O–H groups in total. The number of unbranched alkanes of at least 4 members (excludes halogenated alkanes) is 1. The van der Waals surface area contributed by atoms with Gasteiger partial charge in [0.05, 0.1) is 13.2 Å². The molecule has 1 saturated carbocycles. The maximum atomic E-state index is 12.3. The molecule has 1 aliphatic rings. The van der Waals surface area contributed by atoms with Crippen LogP contribution in [0.4, 0.5) is 0 Å². The second kappa shape index (κ2) is 9.76. The number of hydrogen-bond donors (Lipinski definition) is 4. The van der Waals surface area contributed by atoms with E-state index in [0.717, 1.165) is 25.7 Å². The Morgan fingerprint density at radius 1 is 1.20 bits per heavy atom. The second-order valence-electron chi connectivity index (χ2n) is 6.19. The second-order valence-corrected chi connectivity index (χ2v) is 6.19. The molecule has 0 bridgehead atoms. The van der Waals surface area contributed by atoms with Crippen molar-refractivity contribution >= 4 is 11.9 Å². The molecule has 7 nitrogen and oxygen atoms in total. The molecule has 0 atom stereocenters. The van der Waals surface area contributed by atoms with E-state index in [1.807, 2.05) is 0 Å². The Balaban J connectivity index is 1.85. The van der Waals surface area contributed by atoms with Gasteiger partial charge in [-0.25, -0.2) is 0 Å². The molecule has 1 aromatic carbocycles. The predicted octanol–water partition coefficient (Wildman–Crippen LogP) is 2.01. The summed E-state index contributed by atoms with van der Waals surface area (Å²) in [5.41, 5.74) is 5.77. The van der Waals surface area contributed by atoms with Gasteiger partial charge < -0.3 is 25.8 Å². The van der Waals surface area contributed by atoms with E-state index in [4.69, 9.17) is 20.6 Å². The summed E-state index contributed by atoms with van der Waals surface area (Å²) in [6, 6.07) is 5.27. The van der Waals surface area contributed by atoms with Gasteiger partial charge >= 0.3 is 0 Å².